The fraction of sp³-hybridized carbons (Fsp3) is 0.471. The Hall–Kier alpha value is -2.07. The Morgan fingerprint density at radius 1 is 1.50 bits per heavy atom. The van der Waals surface area contributed by atoms with Gasteiger partial charge < -0.3 is 9.84 Å². The quantitative estimate of drug-likeness (QED) is 0.473. The SMILES string of the molecule is CC(C)(C)OC(=O)C1CCc2cc(Br)c(O)cc2N(CC#N)C1=O. The third-order valence-corrected chi connectivity index (χ3v) is 4.26. The van der Waals surface area contributed by atoms with Gasteiger partial charge in [-0.2, -0.15) is 5.26 Å². The Morgan fingerprint density at radius 2 is 2.17 bits per heavy atom. The van der Waals surface area contributed by atoms with Gasteiger partial charge in [0.15, 0.2) is 0 Å². The highest BCUT2D eigenvalue weighted by molar-refractivity contribution is 9.10. The van der Waals surface area contributed by atoms with Crippen molar-refractivity contribution in [2.45, 2.75) is 39.2 Å². The first-order chi connectivity index (χ1) is 11.1. The van der Waals surface area contributed by atoms with Crippen LogP contribution in [0.3, 0.4) is 0 Å². The summed E-state index contributed by atoms with van der Waals surface area (Å²) in [6.45, 7) is 5.02. The van der Waals surface area contributed by atoms with Gasteiger partial charge in [0.25, 0.3) is 0 Å². The summed E-state index contributed by atoms with van der Waals surface area (Å²) in [5, 5.41) is 19.0. The van der Waals surface area contributed by atoms with Crippen molar-refractivity contribution in [1.82, 2.24) is 0 Å². The zero-order valence-electron chi connectivity index (χ0n) is 13.8. The summed E-state index contributed by atoms with van der Waals surface area (Å²) in [6.07, 6.45) is 0.756. The molecule has 0 aromatic heterocycles. The molecule has 0 spiro atoms. The molecule has 0 bridgehead atoms. The molecular formula is C17H19BrN2O4. The van der Waals surface area contributed by atoms with E-state index in [9.17, 15) is 14.7 Å². The highest BCUT2D eigenvalue weighted by Crippen LogP contribution is 2.37. The second kappa shape index (κ2) is 6.81. The van der Waals surface area contributed by atoms with E-state index >= 15 is 0 Å². The van der Waals surface area contributed by atoms with E-state index in [-0.39, 0.29) is 12.3 Å². The maximum absolute atomic E-state index is 12.8. The molecule has 1 atom stereocenters. The molecule has 24 heavy (non-hydrogen) atoms. The van der Waals surface area contributed by atoms with Crippen LogP contribution in [0.4, 0.5) is 5.69 Å². The van der Waals surface area contributed by atoms with Crippen LogP contribution in [-0.2, 0) is 20.7 Å². The number of halogens is 1. The highest BCUT2D eigenvalue weighted by atomic mass is 79.9. The summed E-state index contributed by atoms with van der Waals surface area (Å²) in [5.41, 5.74) is 0.542. The molecule has 0 aliphatic carbocycles. The van der Waals surface area contributed by atoms with Gasteiger partial charge in [-0.3, -0.25) is 14.5 Å². The number of amides is 1. The van der Waals surface area contributed by atoms with Crippen LogP contribution in [0.15, 0.2) is 16.6 Å². The third kappa shape index (κ3) is 3.88. The molecule has 0 saturated heterocycles. The predicted octanol–water partition coefficient (Wildman–Crippen LogP) is 2.92. The average Bonchev–Trinajstić information content (AvgIpc) is 2.57. The van der Waals surface area contributed by atoms with E-state index in [0.717, 1.165) is 5.56 Å². The van der Waals surface area contributed by atoms with E-state index in [1.165, 1.54) is 11.0 Å². The van der Waals surface area contributed by atoms with Crippen LogP contribution in [0, 0.1) is 17.2 Å². The minimum atomic E-state index is -0.967. The molecule has 1 unspecified atom stereocenters. The van der Waals surface area contributed by atoms with Crippen molar-refractivity contribution >= 4 is 33.5 Å². The van der Waals surface area contributed by atoms with Crippen LogP contribution in [0.5, 0.6) is 5.75 Å². The number of hydrogen-bond donors (Lipinski definition) is 1. The molecule has 0 radical (unpaired) electrons. The molecule has 7 heteroatoms. The van der Waals surface area contributed by atoms with Crippen molar-refractivity contribution in [1.29, 1.82) is 5.26 Å². The number of carbonyl (C=O) groups excluding carboxylic acids is 2. The maximum atomic E-state index is 12.8. The number of carbonyl (C=O) groups is 2. The van der Waals surface area contributed by atoms with E-state index in [0.29, 0.717) is 23.0 Å². The van der Waals surface area contributed by atoms with Crippen molar-refractivity contribution in [3.63, 3.8) is 0 Å². The monoisotopic (exact) mass is 394 g/mol. The average molecular weight is 395 g/mol. The van der Waals surface area contributed by atoms with Gasteiger partial charge in [0.1, 0.15) is 23.8 Å². The van der Waals surface area contributed by atoms with Gasteiger partial charge in [-0.25, -0.2) is 0 Å². The van der Waals surface area contributed by atoms with Gasteiger partial charge in [0.2, 0.25) is 5.91 Å². The number of rotatable bonds is 2. The van der Waals surface area contributed by atoms with Gasteiger partial charge in [-0.05, 0) is 61.2 Å². The molecule has 2 rings (SSSR count). The number of nitrogens with zero attached hydrogens (tertiary/aromatic N) is 2. The fourth-order valence-corrected chi connectivity index (χ4v) is 2.99. The zero-order valence-corrected chi connectivity index (χ0v) is 15.4. The highest BCUT2D eigenvalue weighted by Gasteiger charge is 2.37. The first-order valence-corrected chi connectivity index (χ1v) is 8.36. The topological polar surface area (TPSA) is 90.6 Å². The number of aryl methyl sites for hydroxylation is 1. The molecule has 6 nitrogen and oxygen atoms in total. The van der Waals surface area contributed by atoms with Crippen LogP contribution in [0.1, 0.15) is 32.8 Å². The smallest absolute Gasteiger partial charge is 0.319 e. The maximum Gasteiger partial charge on any atom is 0.319 e. The molecule has 0 saturated carbocycles. The molecule has 1 aromatic rings. The number of phenols is 1. The second-order valence-corrected chi connectivity index (χ2v) is 7.49. The van der Waals surface area contributed by atoms with Gasteiger partial charge in [0.05, 0.1) is 16.2 Å². The first-order valence-electron chi connectivity index (χ1n) is 7.56. The summed E-state index contributed by atoms with van der Waals surface area (Å²) in [4.78, 5) is 26.4. The number of nitriles is 1. The van der Waals surface area contributed by atoms with Crippen LogP contribution >= 0.6 is 15.9 Å². The molecular weight excluding hydrogens is 376 g/mol. The number of anilines is 1. The molecule has 1 aliphatic rings. The minimum absolute atomic E-state index is 0.0276. The predicted molar refractivity (Wildman–Crippen MR) is 91.4 cm³/mol. The summed E-state index contributed by atoms with van der Waals surface area (Å²) in [7, 11) is 0. The largest absolute Gasteiger partial charge is 0.507 e. The van der Waals surface area contributed by atoms with Crippen molar-refractivity contribution in [3.05, 3.63) is 22.2 Å². The van der Waals surface area contributed by atoms with Crippen LogP contribution in [-0.4, -0.2) is 29.1 Å². The Kier molecular flexibility index (Phi) is 5.19. The van der Waals surface area contributed by atoms with Gasteiger partial charge >= 0.3 is 5.97 Å². The lowest BCUT2D eigenvalue weighted by Gasteiger charge is -2.26. The lowest BCUT2D eigenvalue weighted by Crippen LogP contribution is -2.41. The van der Waals surface area contributed by atoms with E-state index in [1.807, 2.05) is 6.07 Å². The summed E-state index contributed by atoms with van der Waals surface area (Å²) >= 11 is 3.25. The van der Waals surface area contributed by atoms with Crippen LogP contribution in [0.25, 0.3) is 0 Å². The summed E-state index contributed by atoms with van der Waals surface area (Å²) < 4.78 is 5.85. The molecule has 1 N–H and O–H groups in total. The number of aromatic hydroxyl groups is 1. The third-order valence-electron chi connectivity index (χ3n) is 3.63. The van der Waals surface area contributed by atoms with Gasteiger partial charge in [0, 0.05) is 6.07 Å². The Bertz CT molecular complexity index is 719. The number of phenolic OH excluding ortho intramolecular Hbond substituents is 1. The lowest BCUT2D eigenvalue weighted by molar-refractivity contribution is -0.162. The van der Waals surface area contributed by atoms with E-state index < -0.39 is 23.4 Å². The molecule has 0 fully saturated rings. The minimum Gasteiger partial charge on any atom is -0.507 e. The standard InChI is InChI=1S/C17H19BrN2O4/c1-17(2,3)24-16(23)11-5-4-10-8-12(18)14(21)9-13(10)20(7-6-19)15(11)22/h8-9,11,21H,4-5,7H2,1-3H3. The summed E-state index contributed by atoms with van der Waals surface area (Å²) in [6, 6.07) is 5.08. The zero-order chi connectivity index (χ0) is 18.1. The Labute approximate surface area is 149 Å². The van der Waals surface area contributed by atoms with Crippen molar-refractivity contribution in [3.8, 4) is 11.8 Å². The number of esters is 1. The van der Waals surface area contributed by atoms with E-state index in [1.54, 1.807) is 26.8 Å². The number of ether oxygens (including phenoxy) is 1. The number of benzene rings is 1. The lowest BCUT2D eigenvalue weighted by atomic mass is 10.00. The molecule has 1 heterocycles. The fourth-order valence-electron chi connectivity index (χ4n) is 2.60. The normalized spacial score (nSPS) is 17.7. The van der Waals surface area contributed by atoms with Crippen molar-refractivity contribution in [2.75, 3.05) is 11.4 Å². The molecule has 1 aliphatic heterocycles. The second-order valence-electron chi connectivity index (χ2n) is 6.64. The van der Waals surface area contributed by atoms with E-state index in [4.69, 9.17) is 10.00 Å². The van der Waals surface area contributed by atoms with E-state index in [2.05, 4.69) is 15.9 Å². The number of hydrogen-bond acceptors (Lipinski definition) is 5. The Morgan fingerprint density at radius 3 is 2.75 bits per heavy atom. The summed E-state index contributed by atoms with van der Waals surface area (Å²) in [5.74, 6) is -2.07. The molecule has 1 amide bonds. The van der Waals surface area contributed by atoms with Crippen LogP contribution in [0.2, 0.25) is 0 Å². The first kappa shape index (κ1) is 18.3. The van der Waals surface area contributed by atoms with Gasteiger partial charge in [-0.15, -0.1) is 0 Å². The van der Waals surface area contributed by atoms with Crippen molar-refractivity contribution in [2.24, 2.45) is 5.92 Å². The molecule has 128 valence electrons. The van der Waals surface area contributed by atoms with Crippen molar-refractivity contribution < 1.29 is 19.4 Å². The number of fused-ring (bicyclic) bond motifs is 1. The molecule has 1 aromatic carbocycles. The van der Waals surface area contributed by atoms with Gasteiger partial charge in [-0.1, -0.05) is 0 Å². The Balaban J connectivity index is 2.42. The van der Waals surface area contributed by atoms with Crippen LogP contribution < -0.4 is 4.90 Å².